The highest BCUT2D eigenvalue weighted by Crippen LogP contribution is 2.71. The summed E-state index contributed by atoms with van der Waals surface area (Å²) in [5.41, 5.74) is 2.68. The first-order valence-electron chi connectivity index (χ1n) is 11.4. The maximum Gasteiger partial charge on any atom is 0.311 e. The molecule has 174 valence electrons. The zero-order chi connectivity index (χ0) is 23.3. The van der Waals surface area contributed by atoms with Crippen molar-refractivity contribution in [2.75, 3.05) is 25.1 Å². The van der Waals surface area contributed by atoms with Crippen LogP contribution in [-0.2, 0) is 19.1 Å². The van der Waals surface area contributed by atoms with Crippen LogP contribution in [0.2, 0.25) is 0 Å². The maximum atomic E-state index is 13.8. The Bertz CT molecular complexity index is 932. The standard InChI is InChI=1S/C24H32N2O5S/c1-5-31-22(30)17-16-21(29)26(12-7-13-27)19(24(16)11-10-23(17,4)32-24)20(28)25-18-14(2)8-6-9-15(18)3/h6,8-9,16-17,19,27H,5,7,10-13H2,1-4H3,(H,25,28)/t16-,17-,19?,23+,24?/m0/s1. The molecule has 3 aliphatic heterocycles. The van der Waals surface area contributed by atoms with Crippen LogP contribution in [0.1, 0.15) is 44.2 Å². The molecular formula is C24H32N2O5S. The fraction of sp³-hybridized carbons (Fsp3) is 0.625. The number of para-hydroxylation sites is 1. The number of aryl methyl sites for hydroxylation is 2. The van der Waals surface area contributed by atoms with E-state index in [9.17, 15) is 19.5 Å². The lowest BCUT2D eigenvalue weighted by Crippen LogP contribution is -2.51. The third kappa shape index (κ3) is 3.34. The number of rotatable bonds is 7. The fourth-order valence-electron chi connectivity index (χ4n) is 6.00. The smallest absolute Gasteiger partial charge is 0.311 e. The van der Waals surface area contributed by atoms with Gasteiger partial charge >= 0.3 is 5.97 Å². The van der Waals surface area contributed by atoms with Crippen molar-refractivity contribution in [2.45, 2.75) is 62.5 Å². The van der Waals surface area contributed by atoms with Crippen LogP contribution >= 0.6 is 11.8 Å². The van der Waals surface area contributed by atoms with Gasteiger partial charge in [0, 0.05) is 23.6 Å². The number of thioether (sulfide) groups is 1. The van der Waals surface area contributed by atoms with E-state index in [1.165, 1.54) is 0 Å². The van der Waals surface area contributed by atoms with Crippen molar-refractivity contribution >= 4 is 35.2 Å². The molecule has 3 aliphatic rings. The first kappa shape index (κ1) is 23.1. The van der Waals surface area contributed by atoms with Crippen molar-refractivity contribution < 1.29 is 24.2 Å². The molecule has 4 rings (SSSR count). The Balaban J connectivity index is 1.74. The average molecular weight is 461 g/mol. The number of anilines is 1. The molecule has 2 bridgehead atoms. The maximum absolute atomic E-state index is 13.8. The second-order valence-corrected chi connectivity index (χ2v) is 11.2. The van der Waals surface area contributed by atoms with Gasteiger partial charge < -0.3 is 20.1 Å². The van der Waals surface area contributed by atoms with Gasteiger partial charge in [-0.25, -0.2) is 0 Å². The van der Waals surface area contributed by atoms with Gasteiger partial charge in [0.15, 0.2) is 0 Å². The summed E-state index contributed by atoms with van der Waals surface area (Å²) in [4.78, 5) is 42.0. The third-order valence-electron chi connectivity index (χ3n) is 7.35. The van der Waals surface area contributed by atoms with E-state index in [0.717, 1.165) is 23.2 Å². The van der Waals surface area contributed by atoms with Gasteiger partial charge in [-0.1, -0.05) is 18.2 Å². The third-order valence-corrected chi connectivity index (χ3v) is 9.34. The van der Waals surface area contributed by atoms with Gasteiger partial charge in [0.2, 0.25) is 11.8 Å². The van der Waals surface area contributed by atoms with Gasteiger partial charge in [0.25, 0.3) is 0 Å². The van der Waals surface area contributed by atoms with Crippen LogP contribution in [0, 0.1) is 25.7 Å². The van der Waals surface area contributed by atoms with E-state index in [4.69, 9.17) is 4.74 Å². The molecule has 8 heteroatoms. The topological polar surface area (TPSA) is 95.9 Å². The lowest BCUT2D eigenvalue weighted by atomic mass is 9.66. The number of hydrogen-bond donors (Lipinski definition) is 2. The number of nitrogens with zero attached hydrogens (tertiary/aromatic N) is 1. The molecule has 2 amide bonds. The van der Waals surface area contributed by atoms with Crippen molar-refractivity contribution in [1.29, 1.82) is 0 Å². The highest BCUT2D eigenvalue weighted by Gasteiger charge is 2.77. The van der Waals surface area contributed by atoms with Crippen LogP contribution in [0.3, 0.4) is 0 Å². The van der Waals surface area contributed by atoms with Gasteiger partial charge in [0.05, 0.1) is 23.2 Å². The van der Waals surface area contributed by atoms with Crippen LogP contribution in [0.25, 0.3) is 0 Å². The number of amides is 2. The van der Waals surface area contributed by atoms with Crippen molar-refractivity contribution in [1.82, 2.24) is 4.90 Å². The van der Waals surface area contributed by atoms with Crippen LogP contribution < -0.4 is 5.32 Å². The zero-order valence-corrected chi connectivity index (χ0v) is 20.0. The quantitative estimate of drug-likeness (QED) is 0.608. The highest BCUT2D eigenvalue weighted by molar-refractivity contribution is 8.02. The predicted octanol–water partition coefficient (Wildman–Crippen LogP) is 2.67. The number of ether oxygens (including phenoxy) is 1. The molecule has 3 heterocycles. The second-order valence-electron chi connectivity index (χ2n) is 9.34. The van der Waals surface area contributed by atoms with Crippen molar-refractivity contribution in [3.05, 3.63) is 29.3 Å². The Morgan fingerprint density at radius 3 is 2.59 bits per heavy atom. The van der Waals surface area contributed by atoms with E-state index in [2.05, 4.69) is 5.32 Å². The second kappa shape index (κ2) is 8.37. The number of carbonyl (C=O) groups is 3. The summed E-state index contributed by atoms with van der Waals surface area (Å²) < 4.78 is 4.28. The summed E-state index contributed by atoms with van der Waals surface area (Å²) in [6.45, 7) is 8.15. The largest absolute Gasteiger partial charge is 0.466 e. The molecule has 3 saturated heterocycles. The number of esters is 1. The molecule has 1 aromatic rings. The Labute approximate surface area is 193 Å². The molecule has 5 atom stereocenters. The normalized spacial score (nSPS) is 32.8. The number of fused-ring (bicyclic) bond motifs is 1. The van der Waals surface area contributed by atoms with Gasteiger partial charge in [0.1, 0.15) is 6.04 Å². The fourth-order valence-corrected chi connectivity index (χ4v) is 8.35. The average Bonchev–Trinajstić information content (AvgIpc) is 3.30. The first-order valence-corrected chi connectivity index (χ1v) is 12.2. The number of aliphatic hydroxyl groups is 1. The minimum Gasteiger partial charge on any atom is -0.466 e. The summed E-state index contributed by atoms with van der Waals surface area (Å²) in [6.07, 6.45) is 1.83. The van der Waals surface area contributed by atoms with E-state index in [1.54, 1.807) is 23.6 Å². The SMILES string of the molecule is CCOC(=O)[C@@H]1[C@H]2C(=O)N(CCCO)C(C(=O)Nc3c(C)cccc3C)C23CC[C@@]1(C)S3. The van der Waals surface area contributed by atoms with E-state index >= 15 is 0 Å². The molecule has 7 nitrogen and oxygen atoms in total. The van der Waals surface area contributed by atoms with E-state index in [0.29, 0.717) is 12.8 Å². The molecule has 2 N–H and O–H groups in total. The molecule has 0 aliphatic carbocycles. The number of carbonyl (C=O) groups excluding carboxylic acids is 3. The molecule has 0 radical (unpaired) electrons. The van der Waals surface area contributed by atoms with Crippen molar-refractivity contribution in [3.63, 3.8) is 0 Å². The monoisotopic (exact) mass is 460 g/mol. The van der Waals surface area contributed by atoms with Crippen molar-refractivity contribution in [2.24, 2.45) is 11.8 Å². The van der Waals surface area contributed by atoms with Crippen LogP contribution in [0.15, 0.2) is 18.2 Å². The Kier molecular flexibility index (Phi) is 6.05. The Morgan fingerprint density at radius 2 is 1.97 bits per heavy atom. The predicted molar refractivity (Wildman–Crippen MR) is 123 cm³/mol. The number of benzene rings is 1. The van der Waals surface area contributed by atoms with Gasteiger partial charge in [-0.3, -0.25) is 14.4 Å². The zero-order valence-electron chi connectivity index (χ0n) is 19.1. The minimum absolute atomic E-state index is 0.0706. The molecule has 0 saturated carbocycles. The summed E-state index contributed by atoms with van der Waals surface area (Å²) in [6, 6.07) is 5.14. The van der Waals surface area contributed by atoms with E-state index in [-0.39, 0.29) is 37.5 Å². The first-order chi connectivity index (χ1) is 15.2. The van der Waals surface area contributed by atoms with Gasteiger partial charge in [-0.2, -0.15) is 0 Å². The van der Waals surface area contributed by atoms with Crippen LogP contribution in [-0.4, -0.2) is 63.1 Å². The van der Waals surface area contributed by atoms with E-state index in [1.807, 2.05) is 39.0 Å². The number of hydrogen-bond acceptors (Lipinski definition) is 6. The van der Waals surface area contributed by atoms with Gasteiger partial charge in [-0.05, 0) is 58.1 Å². The molecule has 1 spiro atoms. The lowest BCUT2D eigenvalue weighted by molar-refractivity contribution is -0.155. The Hall–Kier alpha value is -2.06. The minimum atomic E-state index is -0.697. The molecule has 2 unspecified atom stereocenters. The molecule has 0 aromatic heterocycles. The van der Waals surface area contributed by atoms with Crippen LogP contribution in [0.4, 0.5) is 5.69 Å². The molecule has 1 aromatic carbocycles. The molecular weight excluding hydrogens is 428 g/mol. The molecule has 32 heavy (non-hydrogen) atoms. The summed E-state index contributed by atoms with van der Waals surface area (Å²) in [7, 11) is 0. The highest BCUT2D eigenvalue weighted by atomic mass is 32.2. The lowest BCUT2D eigenvalue weighted by Gasteiger charge is -2.34. The van der Waals surface area contributed by atoms with Gasteiger partial charge in [-0.15, -0.1) is 11.8 Å². The Morgan fingerprint density at radius 1 is 1.28 bits per heavy atom. The van der Waals surface area contributed by atoms with Crippen LogP contribution in [0.5, 0.6) is 0 Å². The van der Waals surface area contributed by atoms with E-state index < -0.39 is 27.4 Å². The number of nitrogens with one attached hydrogen (secondary N) is 1. The summed E-state index contributed by atoms with van der Waals surface area (Å²) in [5.74, 6) is -1.90. The van der Waals surface area contributed by atoms with Crippen molar-refractivity contribution in [3.8, 4) is 0 Å². The summed E-state index contributed by atoms with van der Waals surface area (Å²) in [5, 5.41) is 12.5. The summed E-state index contributed by atoms with van der Waals surface area (Å²) >= 11 is 1.62. The number of likely N-dealkylation sites (tertiary alicyclic amines) is 1. The molecule has 3 fully saturated rings. The number of aliphatic hydroxyl groups excluding tert-OH is 1.